The van der Waals surface area contributed by atoms with Crippen molar-refractivity contribution in [2.24, 2.45) is 0 Å². The zero-order valence-corrected chi connectivity index (χ0v) is 12.0. The number of piperidine rings is 1. The van der Waals surface area contributed by atoms with Crippen molar-refractivity contribution in [1.29, 1.82) is 0 Å². The highest BCUT2D eigenvalue weighted by Gasteiger charge is 2.31. The molecule has 2 rings (SSSR count). The van der Waals surface area contributed by atoms with Gasteiger partial charge in [-0.05, 0) is 37.5 Å². The van der Waals surface area contributed by atoms with E-state index in [0.29, 0.717) is 19.4 Å². The smallest absolute Gasteiger partial charge is 0.244 e. The van der Waals surface area contributed by atoms with Crippen LogP contribution in [0.25, 0.3) is 0 Å². The first kappa shape index (κ1) is 14.7. The third kappa shape index (κ3) is 2.91. The zero-order valence-electron chi connectivity index (χ0n) is 10.4. The molecule has 1 heterocycles. The predicted molar refractivity (Wildman–Crippen MR) is 70.1 cm³/mol. The van der Waals surface area contributed by atoms with Crippen molar-refractivity contribution in [2.45, 2.75) is 30.8 Å². The fraction of sp³-hybridized carbons (Fsp3) is 0.500. The molecule has 1 fully saturated rings. The van der Waals surface area contributed by atoms with Crippen LogP contribution in [0.1, 0.15) is 18.4 Å². The highest BCUT2D eigenvalue weighted by Crippen LogP contribution is 2.29. The number of rotatable bonds is 2. The minimum absolute atomic E-state index is 0.0507. The lowest BCUT2D eigenvalue weighted by atomic mass is 10.1. The molecule has 0 aromatic heterocycles. The fourth-order valence-corrected chi connectivity index (χ4v) is 4.20. The van der Waals surface area contributed by atoms with E-state index in [1.54, 1.807) is 0 Å². The van der Waals surface area contributed by atoms with Crippen molar-refractivity contribution in [1.82, 2.24) is 4.31 Å². The van der Waals surface area contributed by atoms with Crippen molar-refractivity contribution in [3.05, 3.63) is 28.5 Å². The second-order valence-corrected chi connectivity index (χ2v) is 7.00. The summed E-state index contributed by atoms with van der Waals surface area (Å²) in [5.41, 5.74) is 0.223. The second-order valence-electron chi connectivity index (χ2n) is 4.69. The van der Waals surface area contributed by atoms with Gasteiger partial charge in [-0.2, -0.15) is 4.31 Å². The van der Waals surface area contributed by atoms with Crippen molar-refractivity contribution in [2.75, 3.05) is 13.1 Å². The molecule has 0 spiro atoms. The summed E-state index contributed by atoms with van der Waals surface area (Å²) >= 11 is 5.83. The summed E-state index contributed by atoms with van der Waals surface area (Å²) in [5, 5.41) is 9.42. The molecule has 0 bridgehead atoms. The van der Waals surface area contributed by atoms with Gasteiger partial charge in [-0.25, -0.2) is 12.8 Å². The largest absolute Gasteiger partial charge is 0.392 e. The van der Waals surface area contributed by atoms with Gasteiger partial charge in [0.05, 0.1) is 11.1 Å². The average Bonchev–Trinajstić information content (AvgIpc) is 2.33. The molecule has 106 valence electrons. The number of hydrogen-bond acceptors (Lipinski definition) is 3. The van der Waals surface area contributed by atoms with E-state index in [4.69, 9.17) is 11.6 Å². The van der Waals surface area contributed by atoms with Crippen LogP contribution in [0.4, 0.5) is 4.39 Å². The van der Waals surface area contributed by atoms with Gasteiger partial charge in [0.25, 0.3) is 0 Å². The van der Waals surface area contributed by atoms with Crippen LogP contribution < -0.4 is 0 Å². The van der Waals surface area contributed by atoms with E-state index in [0.717, 1.165) is 6.07 Å². The van der Waals surface area contributed by atoms with Gasteiger partial charge >= 0.3 is 0 Å². The number of nitrogens with zero attached hydrogens (tertiary/aromatic N) is 1. The van der Waals surface area contributed by atoms with Crippen LogP contribution in [-0.4, -0.2) is 37.0 Å². The summed E-state index contributed by atoms with van der Waals surface area (Å²) in [6, 6.07) is 2.23. The van der Waals surface area contributed by atoms with E-state index in [9.17, 15) is 17.9 Å². The number of halogens is 2. The Bertz CT molecular complexity index is 591. The summed E-state index contributed by atoms with van der Waals surface area (Å²) < 4.78 is 39.4. The van der Waals surface area contributed by atoms with E-state index in [1.165, 1.54) is 17.3 Å². The third-order valence-corrected chi connectivity index (χ3v) is 5.52. The normalized spacial score (nSPS) is 21.6. The maximum Gasteiger partial charge on any atom is 0.244 e. The molecule has 0 amide bonds. The molecule has 1 atom stereocenters. The van der Waals surface area contributed by atoms with Gasteiger partial charge in [0.1, 0.15) is 10.7 Å². The average molecular weight is 308 g/mol. The Morgan fingerprint density at radius 1 is 1.47 bits per heavy atom. The van der Waals surface area contributed by atoms with Crippen LogP contribution >= 0.6 is 11.6 Å². The summed E-state index contributed by atoms with van der Waals surface area (Å²) in [6.07, 6.45) is 0.518. The Morgan fingerprint density at radius 2 is 2.16 bits per heavy atom. The molecule has 0 radical (unpaired) electrons. The van der Waals surface area contributed by atoms with Crippen molar-refractivity contribution >= 4 is 21.6 Å². The molecule has 1 aromatic carbocycles. The Hall–Kier alpha value is -0.690. The number of aryl methyl sites for hydroxylation is 1. The Morgan fingerprint density at radius 3 is 2.79 bits per heavy atom. The lowest BCUT2D eigenvalue weighted by Gasteiger charge is -2.29. The monoisotopic (exact) mass is 307 g/mol. The van der Waals surface area contributed by atoms with Crippen LogP contribution in [0, 0.1) is 12.7 Å². The van der Waals surface area contributed by atoms with Crippen LogP contribution in [0.3, 0.4) is 0 Å². The molecule has 1 aliphatic heterocycles. The molecule has 0 aliphatic carbocycles. The van der Waals surface area contributed by atoms with Crippen molar-refractivity contribution in [3.63, 3.8) is 0 Å². The lowest BCUT2D eigenvalue weighted by molar-refractivity contribution is 0.108. The maximum absolute atomic E-state index is 13.3. The van der Waals surface area contributed by atoms with Gasteiger partial charge in [-0.15, -0.1) is 0 Å². The lowest BCUT2D eigenvalue weighted by Crippen LogP contribution is -2.42. The van der Waals surface area contributed by atoms with Gasteiger partial charge in [0, 0.05) is 13.1 Å². The fourth-order valence-electron chi connectivity index (χ4n) is 2.11. The highest BCUT2D eigenvalue weighted by molar-refractivity contribution is 7.89. The zero-order chi connectivity index (χ0) is 14.2. The van der Waals surface area contributed by atoms with E-state index in [-0.39, 0.29) is 22.0 Å². The molecule has 1 unspecified atom stereocenters. The van der Waals surface area contributed by atoms with Crippen molar-refractivity contribution < 1.29 is 17.9 Å². The minimum atomic E-state index is -3.79. The molecular formula is C12H15ClFNO3S. The molecule has 0 saturated carbocycles. The number of aliphatic hydroxyl groups excluding tert-OH is 1. The van der Waals surface area contributed by atoms with Gasteiger partial charge in [0.2, 0.25) is 10.0 Å². The Labute approximate surface area is 116 Å². The molecule has 1 saturated heterocycles. The number of β-amino-alcohol motifs (C(OH)–C–C–N with tert-alkyl or cyclic N) is 1. The topological polar surface area (TPSA) is 57.6 Å². The number of benzene rings is 1. The molecule has 1 aromatic rings. The molecule has 1 N–H and O–H groups in total. The Kier molecular flexibility index (Phi) is 4.15. The first-order chi connectivity index (χ1) is 8.82. The van der Waals surface area contributed by atoms with Crippen LogP contribution in [-0.2, 0) is 10.0 Å². The number of aliphatic hydroxyl groups is 1. The number of sulfonamides is 1. The summed E-state index contributed by atoms with van der Waals surface area (Å²) in [5.74, 6) is -0.539. The van der Waals surface area contributed by atoms with E-state index in [1.807, 2.05) is 0 Å². The molecule has 4 nitrogen and oxygen atoms in total. The third-order valence-electron chi connectivity index (χ3n) is 3.19. The molecule has 7 heteroatoms. The summed E-state index contributed by atoms with van der Waals surface area (Å²) in [7, 11) is -3.79. The molecule has 1 aliphatic rings. The first-order valence-corrected chi connectivity index (χ1v) is 7.78. The Balaban J connectivity index is 2.42. The summed E-state index contributed by atoms with van der Waals surface area (Å²) in [4.78, 5) is -0.109. The molecule has 19 heavy (non-hydrogen) atoms. The van der Waals surface area contributed by atoms with Crippen molar-refractivity contribution in [3.8, 4) is 0 Å². The van der Waals surface area contributed by atoms with Crippen LogP contribution in [0.5, 0.6) is 0 Å². The SMILES string of the molecule is Cc1cc(S(=O)(=O)N2CCCC(O)C2)c(Cl)cc1F. The van der Waals surface area contributed by atoms with Gasteiger partial charge < -0.3 is 5.11 Å². The van der Waals surface area contributed by atoms with Gasteiger partial charge in [-0.3, -0.25) is 0 Å². The highest BCUT2D eigenvalue weighted by atomic mass is 35.5. The quantitative estimate of drug-likeness (QED) is 0.908. The summed E-state index contributed by atoms with van der Waals surface area (Å²) in [6.45, 7) is 1.87. The maximum atomic E-state index is 13.3. The molecular weight excluding hydrogens is 293 g/mol. The predicted octanol–water partition coefficient (Wildman–Crippen LogP) is 1.93. The van der Waals surface area contributed by atoms with E-state index in [2.05, 4.69) is 0 Å². The van der Waals surface area contributed by atoms with E-state index >= 15 is 0 Å². The minimum Gasteiger partial charge on any atom is -0.392 e. The number of hydrogen-bond donors (Lipinski definition) is 1. The first-order valence-electron chi connectivity index (χ1n) is 5.96. The van der Waals surface area contributed by atoms with Crippen LogP contribution in [0.2, 0.25) is 5.02 Å². The van der Waals surface area contributed by atoms with Crippen LogP contribution in [0.15, 0.2) is 17.0 Å². The second kappa shape index (κ2) is 5.36. The van der Waals surface area contributed by atoms with Gasteiger partial charge in [-0.1, -0.05) is 11.6 Å². The standard InChI is InChI=1S/C12H15ClFNO3S/c1-8-5-12(10(13)6-11(8)14)19(17,18)15-4-2-3-9(16)7-15/h5-6,9,16H,2-4,7H2,1H3. The van der Waals surface area contributed by atoms with E-state index < -0.39 is 21.9 Å². The van der Waals surface area contributed by atoms with Gasteiger partial charge in [0.15, 0.2) is 0 Å².